The van der Waals surface area contributed by atoms with Crippen LogP contribution in [0.4, 0.5) is 0 Å². The maximum Gasteiger partial charge on any atom is 0.306 e. The quantitative estimate of drug-likeness (QED) is 0.0261. The van der Waals surface area contributed by atoms with Crippen LogP contribution in [-0.4, -0.2) is 37.2 Å². The Morgan fingerprint density at radius 1 is 0.296 bits per heavy atom. The molecule has 6 nitrogen and oxygen atoms in total. The molecule has 0 bridgehead atoms. The van der Waals surface area contributed by atoms with Crippen LogP contribution < -0.4 is 0 Å². The Labute approximate surface area is 437 Å². The smallest absolute Gasteiger partial charge is 0.306 e. The van der Waals surface area contributed by atoms with Gasteiger partial charge in [0.1, 0.15) is 13.2 Å². The SMILES string of the molecule is CC/C=C\C/C=C\C/C=C\C/C=C\C/C=C\C/C=C\C/C=C\C/C=C\CCCCCCC(=O)OCC(COC(=O)CCCCCCCCCCCCC)OC(=O)CCCCCCC/C=C\C/C=C\CCC. The molecule has 0 aliphatic heterocycles. The highest BCUT2D eigenvalue weighted by atomic mass is 16.6. The van der Waals surface area contributed by atoms with Gasteiger partial charge in [0.2, 0.25) is 0 Å². The highest BCUT2D eigenvalue weighted by Gasteiger charge is 2.19. The number of rotatable bonds is 51. The van der Waals surface area contributed by atoms with E-state index < -0.39 is 6.10 Å². The fourth-order valence-electron chi connectivity index (χ4n) is 7.61. The Kier molecular flexibility index (Phi) is 54.9. The van der Waals surface area contributed by atoms with E-state index in [2.05, 4.69) is 142 Å². The van der Waals surface area contributed by atoms with E-state index in [-0.39, 0.29) is 31.1 Å². The molecule has 0 saturated carbocycles. The molecule has 0 amide bonds. The zero-order valence-electron chi connectivity index (χ0n) is 45.9. The molecule has 0 radical (unpaired) electrons. The molecule has 0 aliphatic rings. The van der Waals surface area contributed by atoms with Crippen LogP contribution in [0.2, 0.25) is 0 Å². The lowest BCUT2D eigenvalue weighted by molar-refractivity contribution is -0.167. The molecule has 1 unspecified atom stereocenters. The van der Waals surface area contributed by atoms with Gasteiger partial charge < -0.3 is 14.2 Å². The molecule has 0 N–H and O–H groups in total. The van der Waals surface area contributed by atoms with Crippen molar-refractivity contribution in [3.05, 3.63) is 122 Å². The minimum absolute atomic E-state index is 0.0927. The summed E-state index contributed by atoms with van der Waals surface area (Å²) in [4.78, 5) is 38.1. The van der Waals surface area contributed by atoms with Gasteiger partial charge in [-0.3, -0.25) is 14.4 Å². The standard InChI is InChI=1S/C65H106O6/c1-4-7-10-13-16-19-22-24-25-26-27-28-29-30-31-32-33-34-35-36-37-38-39-41-43-46-49-52-55-58-64(67)70-61-62(60-69-63(66)57-54-51-48-45-42-21-18-15-12-9-6-3)71-65(68)59-56-53-50-47-44-40-23-20-17-14-11-8-5-2/h7,10-11,14,16,19-20,23-25,27-28,30-31,33-34,36-37,39,41,62H,4-6,8-9,12-13,15,17-18,21-22,26,29,32,35,38,40,42-61H2,1-3H3/b10-7-,14-11-,19-16-,23-20-,25-24-,28-27-,31-30-,34-33-,37-36-,41-39-. The summed E-state index contributed by atoms with van der Waals surface area (Å²) in [5.41, 5.74) is 0. The molecule has 0 rings (SSSR count). The van der Waals surface area contributed by atoms with Crippen molar-refractivity contribution < 1.29 is 28.6 Å². The predicted octanol–water partition coefficient (Wildman–Crippen LogP) is 19.6. The van der Waals surface area contributed by atoms with E-state index in [1.165, 1.54) is 57.8 Å². The first-order chi connectivity index (χ1) is 35.0. The number of allylic oxidation sites excluding steroid dienone is 20. The van der Waals surface area contributed by atoms with Crippen LogP contribution >= 0.6 is 0 Å². The van der Waals surface area contributed by atoms with E-state index in [0.29, 0.717) is 19.3 Å². The lowest BCUT2D eigenvalue weighted by Gasteiger charge is -2.18. The number of carbonyl (C=O) groups is 3. The number of carbonyl (C=O) groups excluding carboxylic acids is 3. The van der Waals surface area contributed by atoms with Crippen LogP contribution in [0.15, 0.2) is 122 Å². The van der Waals surface area contributed by atoms with E-state index in [4.69, 9.17) is 14.2 Å². The van der Waals surface area contributed by atoms with E-state index in [1.54, 1.807) is 0 Å². The third kappa shape index (κ3) is 56.6. The van der Waals surface area contributed by atoms with Gasteiger partial charge >= 0.3 is 17.9 Å². The molecule has 0 fully saturated rings. The first kappa shape index (κ1) is 66.8. The highest BCUT2D eigenvalue weighted by molar-refractivity contribution is 5.71. The lowest BCUT2D eigenvalue weighted by atomic mass is 10.1. The first-order valence-corrected chi connectivity index (χ1v) is 29.0. The van der Waals surface area contributed by atoms with E-state index in [9.17, 15) is 14.4 Å². The molecule has 0 spiro atoms. The van der Waals surface area contributed by atoms with Crippen molar-refractivity contribution in [1.29, 1.82) is 0 Å². The maximum absolute atomic E-state index is 12.8. The van der Waals surface area contributed by atoms with Gasteiger partial charge in [-0.05, 0) is 109 Å². The zero-order chi connectivity index (χ0) is 51.4. The Balaban J connectivity index is 4.33. The highest BCUT2D eigenvalue weighted by Crippen LogP contribution is 2.14. The van der Waals surface area contributed by atoms with Crippen LogP contribution in [0.3, 0.4) is 0 Å². The van der Waals surface area contributed by atoms with Crippen LogP contribution in [0.5, 0.6) is 0 Å². The molecular formula is C65H106O6. The van der Waals surface area contributed by atoms with Crippen molar-refractivity contribution in [2.45, 2.75) is 258 Å². The monoisotopic (exact) mass is 983 g/mol. The molecule has 0 aromatic rings. The van der Waals surface area contributed by atoms with Crippen molar-refractivity contribution in [2.75, 3.05) is 13.2 Å². The summed E-state index contributed by atoms with van der Waals surface area (Å²) in [6.45, 7) is 6.41. The molecule has 0 heterocycles. The summed E-state index contributed by atoms with van der Waals surface area (Å²) in [6.07, 6.45) is 80.5. The van der Waals surface area contributed by atoms with Gasteiger partial charge in [-0.25, -0.2) is 0 Å². The topological polar surface area (TPSA) is 78.9 Å². The predicted molar refractivity (Wildman–Crippen MR) is 306 cm³/mol. The molecule has 1 atom stereocenters. The van der Waals surface area contributed by atoms with Crippen LogP contribution in [0.25, 0.3) is 0 Å². The third-order valence-electron chi connectivity index (χ3n) is 11.9. The van der Waals surface area contributed by atoms with E-state index in [0.717, 1.165) is 154 Å². The second-order valence-corrected chi connectivity index (χ2v) is 18.8. The summed E-state index contributed by atoms with van der Waals surface area (Å²) >= 11 is 0. The number of hydrogen-bond acceptors (Lipinski definition) is 6. The van der Waals surface area contributed by atoms with Gasteiger partial charge in [0.15, 0.2) is 6.10 Å². The van der Waals surface area contributed by atoms with Crippen molar-refractivity contribution in [2.24, 2.45) is 0 Å². The van der Waals surface area contributed by atoms with E-state index >= 15 is 0 Å². The van der Waals surface area contributed by atoms with Crippen molar-refractivity contribution in [3.63, 3.8) is 0 Å². The summed E-state index contributed by atoms with van der Waals surface area (Å²) < 4.78 is 16.8. The summed E-state index contributed by atoms with van der Waals surface area (Å²) in [5, 5.41) is 0. The average Bonchev–Trinajstić information content (AvgIpc) is 3.37. The van der Waals surface area contributed by atoms with Gasteiger partial charge in [0.05, 0.1) is 0 Å². The molecule has 402 valence electrons. The summed E-state index contributed by atoms with van der Waals surface area (Å²) in [5.74, 6) is -0.936. The molecular weight excluding hydrogens is 877 g/mol. The van der Waals surface area contributed by atoms with Gasteiger partial charge in [0, 0.05) is 19.3 Å². The number of hydrogen-bond donors (Lipinski definition) is 0. The van der Waals surface area contributed by atoms with Crippen LogP contribution in [0, 0.1) is 0 Å². The third-order valence-corrected chi connectivity index (χ3v) is 11.9. The second-order valence-electron chi connectivity index (χ2n) is 18.8. The molecule has 0 saturated heterocycles. The minimum Gasteiger partial charge on any atom is -0.462 e. The first-order valence-electron chi connectivity index (χ1n) is 29.0. The molecule has 0 aromatic carbocycles. The summed E-state index contributed by atoms with van der Waals surface area (Å²) in [7, 11) is 0. The zero-order valence-corrected chi connectivity index (χ0v) is 45.9. The fourth-order valence-corrected chi connectivity index (χ4v) is 7.61. The Morgan fingerprint density at radius 2 is 0.577 bits per heavy atom. The molecule has 0 aliphatic carbocycles. The molecule has 71 heavy (non-hydrogen) atoms. The van der Waals surface area contributed by atoms with Crippen molar-refractivity contribution >= 4 is 17.9 Å². The lowest BCUT2D eigenvalue weighted by Crippen LogP contribution is -2.30. The Bertz CT molecular complexity index is 1500. The molecule has 6 heteroatoms. The van der Waals surface area contributed by atoms with E-state index in [1.807, 2.05) is 0 Å². The number of unbranched alkanes of at least 4 members (excludes halogenated alkanes) is 20. The second kappa shape index (κ2) is 58.4. The van der Waals surface area contributed by atoms with Crippen LogP contribution in [0.1, 0.15) is 252 Å². The number of esters is 3. The summed E-state index contributed by atoms with van der Waals surface area (Å²) in [6, 6.07) is 0. The average molecular weight is 984 g/mol. The van der Waals surface area contributed by atoms with Crippen LogP contribution in [-0.2, 0) is 28.6 Å². The van der Waals surface area contributed by atoms with Gasteiger partial charge in [-0.2, -0.15) is 0 Å². The van der Waals surface area contributed by atoms with Gasteiger partial charge in [-0.1, -0.05) is 245 Å². The Hall–Kier alpha value is -4.19. The number of ether oxygens (including phenoxy) is 3. The Morgan fingerprint density at radius 3 is 0.915 bits per heavy atom. The van der Waals surface area contributed by atoms with Gasteiger partial charge in [-0.15, -0.1) is 0 Å². The molecule has 0 aromatic heterocycles. The normalized spacial score (nSPS) is 13.0. The van der Waals surface area contributed by atoms with Crippen molar-refractivity contribution in [3.8, 4) is 0 Å². The largest absolute Gasteiger partial charge is 0.462 e. The maximum atomic E-state index is 12.8. The van der Waals surface area contributed by atoms with Crippen molar-refractivity contribution in [1.82, 2.24) is 0 Å². The minimum atomic E-state index is -0.797. The fraction of sp³-hybridized carbons (Fsp3) is 0.646. The van der Waals surface area contributed by atoms with Gasteiger partial charge in [0.25, 0.3) is 0 Å².